The van der Waals surface area contributed by atoms with Crippen LogP contribution in [0.4, 0.5) is 4.39 Å². The lowest BCUT2D eigenvalue weighted by molar-refractivity contribution is -0.105. The molecular formula is C8H17FO2. The Bertz CT molecular complexity index is 88.2. The average molecular weight is 164 g/mol. The van der Waals surface area contributed by atoms with Crippen LogP contribution in [0.1, 0.15) is 33.1 Å². The van der Waals surface area contributed by atoms with E-state index in [1.807, 2.05) is 6.92 Å². The highest BCUT2D eigenvalue weighted by molar-refractivity contribution is 4.51. The molecule has 2 unspecified atom stereocenters. The molecule has 0 amide bonds. The highest BCUT2D eigenvalue weighted by Gasteiger charge is 2.09. The number of unbranched alkanes of at least 4 members (excludes halogenated alkanes) is 1. The summed E-state index contributed by atoms with van der Waals surface area (Å²) in [5.41, 5.74) is 0. The van der Waals surface area contributed by atoms with Crippen molar-refractivity contribution in [1.29, 1.82) is 0 Å². The topological polar surface area (TPSA) is 29.5 Å². The van der Waals surface area contributed by atoms with Gasteiger partial charge in [0.1, 0.15) is 0 Å². The zero-order valence-electron chi connectivity index (χ0n) is 7.22. The standard InChI is InChI=1S/C8H17FO2/c1-3-4-5-7(2)11-8(9)6-10/h7-8,10H,3-6H2,1-2H3. The van der Waals surface area contributed by atoms with Crippen LogP contribution in [-0.4, -0.2) is 24.2 Å². The van der Waals surface area contributed by atoms with Gasteiger partial charge in [0.15, 0.2) is 0 Å². The number of halogens is 1. The van der Waals surface area contributed by atoms with E-state index >= 15 is 0 Å². The van der Waals surface area contributed by atoms with Crippen molar-refractivity contribution in [3.8, 4) is 0 Å². The fourth-order valence-electron chi connectivity index (χ4n) is 0.855. The van der Waals surface area contributed by atoms with Crippen molar-refractivity contribution in [3.05, 3.63) is 0 Å². The lowest BCUT2D eigenvalue weighted by Crippen LogP contribution is -2.18. The Balaban J connectivity index is 3.27. The molecule has 0 aromatic heterocycles. The molecule has 2 atom stereocenters. The van der Waals surface area contributed by atoms with Crippen molar-refractivity contribution in [2.45, 2.75) is 45.6 Å². The molecule has 1 N–H and O–H groups in total. The van der Waals surface area contributed by atoms with E-state index in [1.54, 1.807) is 0 Å². The van der Waals surface area contributed by atoms with Crippen molar-refractivity contribution in [2.75, 3.05) is 6.61 Å². The quantitative estimate of drug-likeness (QED) is 0.649. The Kier molecular flexibility index (Phi) is 6.46. The Hall–Kier alpha value is -0.150. The molecule has 0 heterocycles. The molecule has 0 aliphatic rings. The first-order valence-corrected chi connectivity index (χ1v) is 4.11. The maximum absolute atomic E-state index is 12.3. The molecule has 68 valence electrons. The highest BCUT2D eigenvalue weighted by Crippen LogP contribution is 2.07. The molecule has 0 aliphatic heterocycles. The lowest BCUT2D eigenvalue weighted by atomic mass is 10.2. The number of alkyl halides is 1. The molecule has 11 heavy (non-hydrogen) atoms. The minimum absolute atomic E-state index is 0.0860. The van der Waals surface area contributed by atoms with Crippen molar-refractivity contribution < 1.29 is 14.2 Å². The van der Waals surface area contributed by atoms with E-state index < -0.39 is 13.0 Å². The van der Waals surface area contributed by atoms with Crippen LogP contribution in [0.25, 0.3) is 0 Å². The van der Waals surface area contributed by atoms with Crippen molar-refractivity contribution in [2.24, 2.45) is 0 Å². The smallest absolute Gasteiger partial charge is 0.222 e. The van der Waals surface area contributed by atoms with Gasteiger partial charge < -0.3 is 9.84 Å². The maximum atomic E-state index is 12.3. The first-order valence-electron chi connectivity index (χ1n) is 4.11. The van der Waals surface area contributed by atoms with Crippen LogP contribution in [0.15, 0.2) is 0 Å². The molecule has 0 radical (unpaired) electrons. The van der Waals surface area contributed by atoms with Crippen LogP contribution in [-0.2, 0) is 4.74 Å². The van der Waals surface area contributed by atoms with Gasteiger partial charge in [0.2, 0.25) is 6.36 Å². The molecule has 0 saturated carbocycles. The van der Waals surface area contributed by atoms with Gasteiger partial charge >= 0.3 is 0 Å². The fourth-order valence-corrected chi connectivity index (χ4v) is 0.855. The minimum Gasteiger partial charge on any atom is -0.391 e. The SMILES string of the molecule is CCCCC(C)OC(F)CO. The monoisotopic (exact) mass is 164 g/mol. The van der Waals surface area contributed by atoms with Gasteiger partial charge in [-0.15, -0.1) is 0 Å². The van der Waals surface area contributed by atoms with Crippen LogP contribution in [0, 0.1) is 0 Å². The first kappa shape index (κ1) is 10.8. The second kappa shape index (κ2) is 6.55. The summed E-state index contributed by atoms with van der Waals surface area (Å²) in [5, 5.41) is 8.31. The summed E-state index contributed by atoms with van der Waals surface area (Å²) in [4.78, 5) is 0. The molecule has 0 aromatic rings. The predicted octanol–water partition coefficient (Wildman–Crippen LogP) is 1.87. The maximum Gasteiger partial charge on any atom is 0.222 e. The summed E-state index contributed by atoms with van der Waals surface area (Å²) < 4.78 is 17.1. The van der Waals surface area contributed by atoms with Gasteiger partial charge in [0, 0.05) is 0 Å². The van der Waals surface area contributed by atoms with Crippen molar-refractivity contribution in [3.63, 3.8) is 0 Å². The van der Waals surface area contributed by atoms with Gasteiger partial charge in [0.05, 0.1) is 12.7 Å². The summed E-state index contributed by atoms with van der Waals surface area (Å²) in [6.45, 7) is 3.35. The van der Waals surface area contributed by atoms with E-state index in [2.05, 4.69) is 6.92 Å². The summed E-state index contributed by atoms with van der Waals surface area (Å²) in [7, 11) is 0. The second-order valence-electron chi connectivity index (χ2n) is 2.68. The Labute approximate surface area is 67.4 Å². The first-order chi connectivity index (χ1) is 5.20. The normalized spacial score (nSPS) is 16.4. The third kappa shape index (κ3) is 6.26. The van der Waals surface area contributed by atoms with Crippen molar-refractivity contribution in [1.82, 2.24) is 0 Å². The largest absolute Gasteiger partial charge is 0.391 e. The number of rotatable bonds is 6. The number of hydrogen-bond acceptors (Lipinski definition) is 2. The Morgan fingerprint density at radius 1 is 1.55 bits per heavy atom. The van der Waals surface area contributed by atoms with Crippen LogP contribution >= 0.6 is 0 Å². The van der Waals surface area contributed by atoms with E-state index in [0.717, 1.165) is 19.3 Å². The Morgan fingerprint density at radius 3 is 2.64 bits per heavy atom. The number of hydrogen-bond donors (Lipinski definition) is 1. The van der Waals surface area contributed by atoms with Gasteiger partial charge in [-0.25, -0.2) is 4.39 Å². The van der Waals surface area contributed by atoms with Gasteiger partial charge in [-0.3, -0.25) is 0 Å². The Morgan fingerprint density at radius 2 is 2.18 bits per heavy atom. The summed E-state index contributed by atoms with van der Waals surface area (Å²) in [6, 6.07) is 0. The summed E-state index contributed by atoms with van der Waals surface area (Å²) in [5.74, 6) is 0. The molecular weight excluding hydrogens is 147 g/mol. The third-order valence-corrected chi connectivity index (χ3v) is 1.49. The predicted molar refractivity (Wildman–Crippen MR) is 42.1 cm³/mol. The fraction of sp³-hybridized carbons (Fsp3) is 1.00. The van der Waals surface area contributed by atoms with Gasteiger partial charge in [-0.05, 0) is 13.3 Å². The summed E-state index contributed by atoms with van der Waals surface area (Å²) >= 11 is 0. The molecule has 0 bridgehead atoms. The van der Waals surface area contributed by atoms with E-state index in [-0.39, 0.29) is 6.10 Å². The molecule has 0 rings (SSSR count). The van der Waals surface area contributed by atoms with E-state index in [9.17, 15) is 4.39 Å². The molecule has 0 saturated heterocycles. The van der Waals surface area contributed by atoms with Crippen LogP contribution in [0.2, 0.25) is 0 Å². The molecule has 0 aliphatic carbocycles. The zero-order valence-corrected chi connectivity index (χ0v) is 7.22. The number of ether oxygens (including phenoxy) is 1. The third-order valence-electron chi connectivity index (χ3n) is 1.49. The number of aliphatic hydroxyl groups excluding tert-OH is 1. The molecule has 0 spiro atoms. The van der Waals surface area contributed by atoms with Gasteiger partial charge in [-0.2, -0.15) is 0 Å². The highest BCUT2D eigenvalue weighted by atomic mass is 19.1. The minimum atomic E-state index is -1.51. The zero-order chi connectivity index (χ0) is 8.69. The van der Waals surface area contributed by atoms with Crippen LogP contribution in [0.3, 0.4) is 0 Å². The van der Waals surface area contributed by atoms with Gasteiger partial charge in [0.25, 0.3) is 0 Å². The average Bonchev–Trinajstić information content (AvgIpc) is 2.00. The van der Waals surface area contributed by atoms with Crippen LogP contribution in [0.5, 0.6) is 0 Å². The van der Waals surface area contributed by atoms with Gasteiger partial charge in [-0.1, -0.05) is 19.8 Å². The van der Waals surface area contributed by atoms with E-state index in [1.165, 1.54) is 0 Å². The number of aliphatic hydroxyl groups is 1. The molecule has 0 aromatic carbocycles. The van der Waals surface area contributed by atoms with Crippen LogP contribution < -0.4 is 0 Å². The lowest BCUT2D eigenvalue weighted by Gasteiger charge is -2.14. The summed E-state index contributed by atoms with van der Waals surface area (Å²) in [6.07, 6.45) is 1.39. The van der Waals surface area contributed by atoms with E-state index in [4.69, 9.17) is 9.84 Å². The van der Waals surface area contributed by atoms with Crippen molar-refractivity contribution >= 4 is 0 Å². The molecule has 3 heteroatoms. The van der Waals surface area contributed by atoms with E-state index in [0.29, 0.717) is 0 Å². The molecule has 0 fully saturated rings. The molecule has 2 nitrogen and oxygen atoms in total. The second-order valence-corrected chi connectivity index (χ2v) is 2.68.